The number of amides is 1. The lowest BCUT2D eigenvalue weighted by Crippen LogP contribution is -2.14. The molecule has 0 bridgehead atoms. The molecule has 0 aliphatic heterocycles. The fourth-order valence-corrected chi connectivity index (χ4v) is 1.69. The average Bonchev–Trinajstić information content (AvgIpc) is 2.42. The van der Waals surface area contributed by atoms with Crippen molar-refractivity contribution in [3.63, 3.8) is 0 Å². The van der Waals surface area contributed by atoms with Crippen LogP contribution in [0.3, 0.4) is 0 Å². The highest BCUT2D eigenvalue weighted by molar-refractivity contribution is 6.07. The van der Waals surface area contributed by atoms with E-state index in [1.165, 1.54) is 0 Å². The Morgan fingerprint density at radius 2 is 1.89 bits per heavy atom. The molecular formula is C15H13N3O. The molecular weight excluding hydrogens is 238 g/mol. The van der Waals surface area contributed by atoms with Gasteiger partial charge in [0.2, 0.25) is 0 Å². The van der Waals surface area contributed by atoms with Gasteiger partial charge in [-0.15, -0.1) is 0 Å². The molecule has 0 unspecified atom stereocenters. The van der Waals surface area contributed by atoms with E-state index in [-0.39, 0.29) is 5.91 Å². The van der Waals surface area contributed by atoms with Gasteiger partial charge in [0.25, 0.3) is 5.91 Å². The molecule has 94 valence electrons. The number of hydrogen-bond donors (Lipinski definition) is 2. The van der Waals surface area contributed by atoms with E-state index in [4.69, 9.17) is 11.0 Å². The van der Waals surface area contributed by atoms with Gasteiger partial charge in [0.05, 0.1) is 17.2 Å². The highest BCUT2D eigenvalue weighted by Gasteiger charge is 2.10. The molecule has 2 rings (SSSR count). The first-order valence-electron chi connectivity index (χ1n) is 5.78. The number of carbonyl (C=O) groups is 1. The van der Waals surface area contributed by atoms with Gasteiger partial charge in [-0.05, 0) is 43.3 Å². The first-order chi connectivity index (χ1) is 9.10. The van der Waals surface area contributed by atoms with E-state index < -0.39 is 0 Å². The predicted molar refractivity (Wildman–Crippen MR) is 74.7 cm³/mol. The van der Waals surface area contributed by atoms with Gasteiger partial charge in [0.1, 0.15) is 0 Å². The third kappa shape index (κ3) is 2.90. The van der Waals surface area contributed by atoms with E-state index >= 15 is 0 Å². The Hall–Kier alpha value is -2.80. The highest BCUT2D eigenvalue weighted by Crippen LogP contribution is 2.16. The van der Waals surface area contributed by atoms with Crippen LogP contribution in [0.4, 0.5) is 11.4 Å². The van der Waals surface area contributed by atoms with Gasteiger partial charge >= 0.3 is 0 Å². The summed E-state index contributed by atoms with van der Waals surface area (Å²) in [6, 6.07) is 14.0. The topological polar surface area (TPSA) is 78.9 Å². The van der Waals surface area contributed by atoms with Crippen LogP contribution in [-0.4, -0.2) is 5.91 Å². The van der Waals surface area contributed by atoms with Crippen LogP contribution in [0.1, 0.15) is 21.5 Å². The Balaban J connectivity index is 2.21. The maximum atomic E-state index is 12.1. The van der Waals surface area contributed by atoms with E-state index in [0.29, 0.717) is 22.5 Å². The molecule has 0 fully saturated rings. The SMILES string of the molecule is Cc1ccc(N)c(C(=O)Nc2ccc(C#N)cc2)c1. The molecule has 0 spiro atoms. The van der Waals surface area contributed by atoms with Gasteiger partial charge in [-0.1, -0.05) is 11.6 Å². The first-order valence-corrected chi connectivity index (χ1v) is 5.78. The molecule has 0 heterocycles. The number of aryl methyl sites for hydroxylation is 1. The van der Waals surface area contributed by atoms with Crippen molar-refractivity contribution in [1.82, 2.24) is 0 Å². The number of nitrogens with zero attached hydrogens (tertiary/aromatic N) is 1. The van der Waals surface area contributed by atoms with Crippen LogP contribution in [0.2, 0.25) is 0 Å². The van der Waals surface area contributed by atoms with Crippen molar-refractivity contribution < 1.29 is 4.79 Å². The number of nitrogen functional groups attached to an aromatic ring is 1. The van der Waals surface area contributed by atoms with Crippen molar-refractivity contribution in [2.24, 2.45) is 0 Å². The third-order valence-corrected chi connectivity index (χ3v) is 2.73. The maximum Gasteiger partial charge on any atom is 0.257 e. The van der Waals surface area contributed by atoms with Gasteiger partial charge in [0, 0.05) is 11.4 Å². The van der Waals surface area contributed by atoms with Crippen molar-refractivity contribution in [3.05, 3.63) is 59.2 Å². The summed E-state index contributed by atoms with van der Waals surface area (Å²) in [6.45, 7) is 1.90. The van der Waals surface area contributed by atoms with Crippen molar-refractivity contribution in [3.8, 4) is 6.07 Å². The van der Waals surface area contributed by atoms with Crippen molar-refractivity contribution >= 4 is 17.3 Å². The summed E-state index contributed by atoms with van der Waals surface area (Å²) in [5, 5.41) is 11.5. The van der Waals surface area contributed by atoms with E-state index in [2.05, 4.69) is 5.32 Å². The Kier molecular flexibility index (Phi) is 3.48. The van der Waals surface area contributed by atoms with Crippen LogP contribution in [0, 0.1) is 18.3 Å². The second-order valence-electron chi connectivity index (χ2n) is 4.23. The third-order valence-electron chi connectivity index (χ3n) is 2.73. The van der Waals surface area contributed by atoms with Crippen LogP contribution in [0.5, 0.6) is 0 Å². The molecule has 1 amide bonds. The highest BCUT2D eigenvalue weighted by atomic mass is 16.1. The van der Waals surface area contributed by atoms with Crippen LogP contribution >= 0.6 is 0 Å². The fourth-order valence-electron chi connectivity index (χ4n) is 1.69. The quantitative estimate of drug-likeness (QED) is 0.805. The van der Waals surface area contributed by atoms with Crippen molar-refractivity contribution in [2.45, 2.75) is 6.92 Å². The van der Waals surface area contributed by atoms with Gasteiger partial charge in [-0.2, -0.15) is 5.26 Å². The molecule has 0 saturated heterocycles. The predicted octanol–water partition coefficient (Wildman–Crippen LogP) is 2.70. The molecule has 3 N–H and O–H groups in total. The zero-order valence-electron chi connectivity index (χ0n) is 10.5. The first kappa shape index (κ1) is 12.7. The number of benzene rings is 2. The van der Waals surface area contributed by atoms with E-state index in [1.54, 1.807) is 36.4 Å². The molecule has 2 aromatic carbocycles. The molecule has 2 aromatic rings. The minimum atomic E-state index is -0.258. The van der Waals surface area contributed by atoms with Crippen molar-refractivity contribution in [1.29, 1.82) is 5.26 Å². The summed E-state index contributed by atoms with van der Waals surface area (Å²) in [7, 11) is 0. The van der Waals surface area contributed by atoms with Gasteiger partial charge in [-0.25, -0.2) is 0 Å². The Morgan fingerprint density at radius 3 is 2.53 bits per heavy atom. The molecule has 0 aromatic heterocycles. The van der Waals surface area contributed by atoms with Crippen molar-refractivity contribution in [2.75, 3.05) is 11.1 Å². The summed E-state index contributed by atoms with van der Waals surface area (Å²) in [6.07, 6.45) is 0. The number of rotatable bonds is 2. The van der Waals surface area contributed by atoms with E-state index in [0.717, 1.165) is 5.56 Å². The number of nitrogens with one attached hydrogen (secondary N) is 1. The van der Waals surface area contributed by atoms with Crippen LogP contribution < -0.4 is 11.1 Å². The maximum absolute atomic E-state index is 12.1. The zero-order chi connectivity index (χ0) is 13.8. The lowest BCUT2D eigenvalue weighted by Gasteiger charge is -2.08. The Morgan fingerprint density at radius 1 is 1.21 bits per heavy atom. The lowest BCUT2D eigenvalue weighted by atomic mass is 10.1. The van der Waals surface area contributed by atoms with Gasteiger partial charge in [0.15, 0.2) is 0 Å². The standard InChI is InChI=1S/C15H13N3O/c1-10-2-7-14(17)13(8-10)15(19)18-12-5-3-11(9-16)4-6-12/h2-8H,17H2,1H3,(H,18,19). The fraction of sp³-hybridized carbons (Fsp3) is 0.0667. The normalized spacial score (nSPS) is 9.68. The average molecular weight is 251 g/mol. The Bertz CT molecular complexity index is 654. The lowest BCUT2D eigenvalue weighted by molar-refractivity contribution is 0.102. The smallest absolute Gasteiger partial charge is 0.257 e. The minimum Gasteiger partial charge on any atom is -0.398 e. The molecule has 4 nitrogen and oxygen atoms in total. The summed E-state index contributed by atoms with van der Waals surface area (Å²) in [5.41, 5.74) is 8.83. The van der Waals surface area contributed by atoms with Crippen LogP contribution in [0.25, 0.3) is 0 Å². The summed E-state index contributed by atoms with van der Waals surface area (Å²) in [5.74, 6) is -0.258. The largest absolute Gasteiger partial charge is 0.398 e. The molecule has 0 radical (unpaired) electrons. The number of hydrogen-bond acceptors (Lipinski definition) is 3. The van der Waals surface area contributed by atoms with E-state index in [1.807, 2.05) is 19.1 Å². The molecule has 0 aliphatic carbocycles. The zero-order valence-corrected chi connectivity index (χ0v) is 10.5. The summed E-state index contributed by atoms with van der Waals surface area (Å²) >= 11 is 0. The van der Waals surface area contributed by atoms with Crippen LogP contribution in [0.15, 0.2) is 42.5 Å². The number of nitrogens with two attached hydrogens (primary N) is 1. The minimum absolute atomic E-state index is 0.258. The van der Waals surface area contributed by atoms with Gasteiger partial charge in [-0.3, -0.25) is 4.79 Å². The number of nitriles is 1. The summed E-state index contributed by atoms with van der Waals surface area (Å²) in [4.78, 5) is 12.1. The molecule has 0 atom stereocenters. The monoisotopic (exact) mass is 251 g/mol. The molecule has 0 saturated carbocycles. The molecule has 19 heavy (non-hydrogen) atoms. The molecule has 0 aliphatic rings. The summed E-state index contributed by atoms with van der Waals surface area (Å²) < 4.78 is 0. The van der Waals surface area contributed by atoms with Gasteiger partial charge < -0.3 is 11.1 Å². The second-order valence-corrected chi connectivity index (χ2v) is 4.23. The molecule has 4 heteroatoms. The van der Waals surface area contributed by atoms with Crippen LogP contribution in [-0.2, 0) is 0 Å². The number of carbonyl (C=O) groups excluding carboxylic acids is 1. The second kappa shape index (κ2) is 5.23. The Labute approximate surface area is 111 Å². The van der Waals surface area contributed by atoms with E-state index in [9.17, 15) is 4.79 Å². The number of anilines is 2.